The molecule has 13 heavy (non-hydrogen) atoms. The molecule has 0 radical (unpaired) electrons. The van der Waals surface area contributed by atoms with Gasteiger partial charge in [-0.1, -0.05) is 13.8 Å². The van der Waals surface area contributed by atoms with Crippen LogP contribution in [0.25, 0.3) is 0 Å². The minimum Gasteiger partial charge on any atom is -0.248 e. The van der Waals surface area contributed by atoms with Gasteiger partial charge >= 0.3 is 0 Å². The molecule has 0 spiro atoms. The Morgan fingerprint density at radius 3 is 2.54 bits per heavy atom. The summed E-state index contributed by atoms with van der Waals surface area (Å²) in [6.45, 7) is 4.13. The predicted octanol–water partition coefficient (Wildman–Crippen LogP) is 1.81. The Morgan fingerprint density at radius 1 is 1.54 bits per heavy atom. The first-order chi connectivity index (χ1) is 5.88. The van der Waals surface area contributed by atoms with Crippen molar-refractivity contribution in [1.82, 2.24) is 4.98 Å². The van der Waals surface area contributed by atoms with Crippen LogP contribution < -0.4 is 0 Å². The molecule has 0 amide bonds. The summed E-state index contributed by atoms with van der Waals surface area (Å²) in [5.41, 5.74) is 0. The first-order valence-corrected chi connectivity index (χ1v) is 6.88. The average molecular weight is 219 g/mol. The van der Waals surface area contributed by atoms with Gasteiger partial charge in [0.2, 0.25) is 0 Å². The summed E-state index contributed by atoms with van der Waals surface area (Å²) in [5.74, 6) is 0.482. The van der Waals surface area contributed by atoms with Crippen LogP contribution in [0.4, 0.5) is 0 Å². The molecule has 1 heterocycles. The van der Waals surface area contributed by atoms with E-state index in [2.05, 4.69) is 18.8 Å². The Kier molecular flexibility index (Phi) is 3.08. The van der Waals surface area contributed by atoms with Crippen LogP contribution >= 0.6 is 11.3 Å². The second-order valence-electron chi connectivity index (χ2n) is 3.38. The van der Waals surface area contributed by atoms with E-state index < -0.39 is 9.84 Å². The zero-order chi connectivity index (χ0) is 10.1. The highest BCUT2D eigenvalue weighted by atomic mass is 32.2. The second kappa shape index (κ2) is 3.75. The molecule has 1 aromatic heterocycles. The van der Waals surface area contributed by atoms with Gasteiger partial charge in [0.05, 0.1) is 0 Å². The Bertz CT molecular complexity index is 379. The maximum atomic E-state index is 10.9. The van der Waals surface area contributed by atoms with Crippen LogP contribution in [0, 0.1) is 0 Å². The van der Waals surface area contributed by atoms with Gasteiger partial charge < -0.3 is 0 Å². The summed E-state index contributed by atoms with van der Waals surface area (Å²) in [5, 5.41) is 0.686. The molecule has 0 saturated heterocycles. The highest BCUT2D eigenvalue weighted by molar-refractivity contribution is 7.90. The van der Waals surface area contributed by atoms with Crippen molar-refractivity contribution in [3.05, 3.63) is 16.1 Å². The molecule has 3 nitrogen and oxygen atoms in total. The van der Waals surface area contributed by atoms with Crippen LogP contribution in [0.15, 0.2) is 6.20 Å². The second-order valence-corrected chi connectivity index (χ2v) is 6.67. The normalized spacial score (nSPS) is 12.3. The lowest BCUT2D eigenvalue weighted by atomic mass is 10.2. The average Bonchev–Trinajstić information content (AvgIpc) is 2.31. The van der Waals surface area contributed by atoms with Gasteiger partial charge in [0.15, 0.2) is 9.84 Å². The van der Waals surface area contributed by atoms with E-state index >= 15 is 0 Å². The largest absolute Gasteiger partial charge is 0.248 e. The molecule has 0 bridgehead atoms. The van der Waals surface area contributed by atoms with Crippen LogP contribution in [-0.4, -0.2) is 19.7 Å². The van der Waals surface area contributed by atoms with E-state index in [0.717, 1.165) is 4.88 Å². The maximum absolute atomic E-state index is 10.9. The lowest BCUT2D eigenvalue weighted by Gasteiger charge is -1.96. The number of nitrogens with zero attached hydrogens (tertiary/aromatic N) is 1. The van der Waals surface area contributed by atoms with E-state index in [1.807, 2.05) is 0 Å². The molecule has 0 unspecified atom stereocenters. The standard InChI is InChI=1S/C8H13NO2S2/c1-6(2)7-4-9-8(12-7)5-13(3,10)11/h4,6H,5H2,1-3H3. The monoisotopic (exact) mass is 219 g/mol. The fourth-order valence-corrected chi connectivity index (χ4v) is 3.00. The van der Waals surface area contributed by atoms with Crippen molar-refractivity contribution in [3.8, 4) is 0 Å². The van der Waals surface area contributed by atoms with E-state index in [-0.39, 0.29) is 5.75 Å². The first-order valence-electron chi connectivity index (χ1n) is 4.01. The van der Waals surface area contributed by atoms with Crippen LogP contribution in [-0.2, 0) is 15.6 Å². The Morgan fingerprint density at radius 2 is 2.15 bits per heavy atom. The smallest absolute Gasteiger partial charge is 0.153 e. The van der Waals surface area contributed by atoms with Crippen molar-refractivity contribution in [2.75, 3.05) is 6.26 Å². The van der Waals surface area contributed by atoms with Gasteiger partial charge in [-0.2, -0.15) is 0 Å². The topological polar surface area (TPSA) is 47.0 Å². The molecule has 0 atom stereocenters. The van der Waals surface area contributed by atoms with Gasteiger partial charge in [0.1, 0.15) is 10.8 Å². The molecule has 0 fully saturated rings. The molecule has 1 aromatic rings. The Labute approximate surface area is 82.7 Å². The number of thiazole rings is 1. The zero-order valence-corrected chi connectivity index (χ0v) is 9.58. The molecule has 0 aliphatic heterocycles. The minimum absolute atomic E-state index is 0.0599. The van der Waals surface area contributed by atoms with Crippen LogP contribution in [0.1, 0.15) is 29.7 Å². The first kappa shape index (κ1) is 10.7. The molecule has 5 heteroatoms. The summed E-state index contributed by atoms with van der Waals surface area (Å²) in [7, 11) is -2.94. The number of hydrogen-bond acceptors (Lipinski definition) is 4. The molecule has 1 rings (SSSR count). The van der Waals surface area contributed by atoms with Crippen LogP contribution in [0.2, 0.25) is 0 Å². The highest BCUT2D eigenvalue weighted by Gasteiger charge is 2.10. The number of rotatable bonds is 3. The molecule has 0 aliphatic carbocycles. The number of aromatic nitrogens is 1. The fourth-order valence-electron chi connectivity index (χ4n) is 0.882. The minimum atomic E-state index is -2.94. The summed E-state index contributed by atoms with van der Waals surface area (Å²) in [6.07, 6.45) is 2.99. The lowest BCUT2D eigenvalue weighted by molar-refractivity contribution is 0.601. The molecule has 74 valence electrons. The van der Waals surface area contributed by atoms with Gasteiger partial charge in [-0.3, -0.25) is 0 Å². The van der Waals surface area contributed by atoms with Gasteiger partial charge in [-0.05, 0) is 5.92 Å². The van der Waals surface area contributed by atoms with Crippen molar-refractivity contribution in [1.29, 1.82) is 0 Å². The SMILES string of the molecule is CC(C)c1cnc(CS(C)(=O)=O)s1. The number of hydrogen-bond donors (Lipinski definition) is 0. The fraction of sp³-hybridized carbons (Fsp3) is 0.625. The highest BCUT2D eigenvalue weighted by Crippen LogP contribution is 2.22. The van der Waals surface area contributed by atoms with Crippen molar-refractivity contribution in [3.63, 3.8) is 0 Å². The summed E-state index contributed by atoms with van der Waals surface area (Å²) in [4.78, 5) is 5.20. The summed E-state index contributed by atoms with van der Waals surface area (Å²) < 4.78 is 21.9. The van der Waals surface area contributed by atoms with Crippen molar-refractivity contribution in [2.45, 2.75) is 25.5 Å². The molecule has 0 saturated carbocycles. The van der Waals surface area contributed by atoms with E-state index in [0.29, 0.717) is 10.9 Å². The third-order valence-electron chi connectivity index (χ3n) is 1.53. The van der Waals surface area contributed by atoms with Crippen LogP contribution in [0.3, 0.4) is 0 Å². The van der Waals surface area contributed by atoms with Gasteiger partial charge in [-0.15, -0.1) is 11.3 Å². The van der Waals surface area contributed by atoms with Gasteiger partial charge in [-0.25, -0.2) is 13.4 Å². The Balaban J connectivity index is 2.81. The van der Waals surface area contributed by atoms with Crippen LogP contribution in [0.5, 0.6) is 0 Å². The molecule has 0 aliphatic rings. The summed E-state index contributed by atoms with van der Waals surface area (Å²) in [6, 6.07) is 0. The molecular weight excluding hydrogens is 206 g/mol. The third kappa shape index (κ3) is 3.44. The van der Waals surface area contributed by atoms with Gasteiger partial charge in [0.25, 0.3) is 0 Å². The van der Waals surface area contributed by atoms with Crippen molar-refractivity contribution < 1.29 is 8.42 Å². The third-order valence-corrected chi connectivity index (χ3v) is 3.80. The zero-order valence-electron chi connectivity index (χ0n) is 7.94. The maximum Gasteiger partial charge on any atom is 0.153 e. The van der Waals surface area contributed by atoms with Gasteiger partial charge in [0, 0.05) is 17.3 Å². The lowest BCUT2D eigenvalue weighted by Crippen LogP contribution is -1.99. The Hall–Kier alpha value is -0.420. The molecular formula is C8H13NO2S2. The van der Waals surface area contributed by atoms with E-state index in [1.54, 1.807) is 6.20 Å². The quantitative estimate of drug-likeness (QED) is 0.779. The number of sulfone groups is 1. The van der Waals surface area contributed by atoms with E-state index in [9.17, 15) is 8.42 Å². The molecule has 0 aromatic carbocycles. The summed E-state index contributed by atoms with van der Waals surface area (Å²) >= 11 is 1.48. The predicted molar refractivity (Wildman–Crippen MR) is 54.8 cm³/mol. The van der Waals surface area contributed by atoms with Crippen molar-refractivity contribution in [2.24, 2.45) is 0 Å². The van der Waals surface area contributed by atoms with E-state index in [1.165, 1.54) is 17.6 Å². The van der Waals surface area contributed by atoms with E-state index in [4.69, 9.17) is 0 Å². The van der Waals surface area contributed by atoms with Crippen molar-refractivity contribution >= 4 is 21.2 Å². The molecule has 0 N–H and O–H groups in total.